The van der Waals surface area contributed by atoms with Gasteiger partial charge >= 0.3 is 5.97 Å². The van der Waals surface area contributed by atoms with Gasteiger partial charge in [0, 0.05) is 12.3 Å². The van der Waals surface area contributed by atoms with Crippen LogP contribution in [0.1, 0.15) is 26.2 Å². The van der Waals surface area contributed by atoms with Crippen LogP contribution in [-0.2, 0) is 14.3 Å². The van der Waals surface area contributed by atoms with Crippen molar-refractivity contribution < 1.29 is 19.4 Å². The van der Waals surface area contributed by atoms with Gasteiger partial charge in [0.05, 0.1) is 19.0 Å². The standard InChI is InChI=1S/C11H16O4/c1-2-14-10(13)11(8-3-4-8)7-9(12)5-6-15-11/h5-6,8-9,12H,2-4,7H2,1H3/t9?,11-/m0/s1. The molecule has 84 valence electrons. The molecule has 1 saturated carbocycles. The second kappa shape index (κ2) is 3.85. The Hall–Kier alpha value is -1.03. The molecular weight excluding hydrogens is 196 g/mol. The van der Waals surface area contributed by atoms with Crippen LogP contribution in [0.2, 0.25) is 0 Å². The molecule has 15 heavy (non-hydrogen) atoms. The highest BCUT2D eigenvalue weighted by Crippen LogP contribution is 2.46. The van der Waals surface area contributed by atoms with Gasteiger partial charge in [-0.05, 0) is 25.8 Å². The number of ether oxygens (including phenoxy) is 2. The Balaban J connectivity index is 2.16. The number of carbonyl (C=O) groups excluding carboxylic acids is 1. The number of carbonyl (C=O) groups is 1. The topological polar surface area (TPSA) is 55.8 Å². The maximum absolute atomic E-state index is 11.9. The first-order valence-corrected chi connectivity index (χ1v) is 5.39. The molecule has 1 unspecified atom stereocenters. The highest BCUT2D eigenvalue weighted by Gasteiger charge is 2.55. The Labute approximate surface area is 88.9 Å². The van der Waals surface area contributed by atoms with Gasteiger partial charge in [-0.3, -0.25) is 0 Å². The van der Waals surface area contributed by atoms with E-state index >= 15 is 0 Å². The molecule has 0 bridgehead atoms. The van der Waals surface area contributed by atoms with Gasteiger partial charge in [0.2, 0.25) is 5.60 Å². The van der Waals surface area contributed by atoms with E-state index in [9.17, 15) is 9.90 Å². The third kappa shape index (κ3) is 1.86. The molecule has 1 heterocycles. The molecule has 2 atom stereocenters. The lowest BCUT2D eigenvalue weighted by Crippen LogP contribution is -2.48. The van der Waals surface area contributed by atoms with Gasteiger partial charge in [-0.25, -0.2) is 4.79 Å². The summed E-state index contributed by atoms with van der Waals surface area (Å²) in [5, 5.41) is 9.56. The molecule has 4 nitrogen and oxygen atoms in total. The van der Waals surface area contributed by atoms with Crippen molar-refractivity contribution in [3.63, 3.8) is 0 Å². The maximum Gasteiger partial charge on any atom is 0.350 e. The molecule has 1 aliphatic heterocycles. The van der Waals surface area contributed by atoms with Crippen molar-refractivity contribution in [2.75, 3.05) is 6.61 Å². The number of hydrogen-bond acceptors (Lipinski definition) is 4. The second-order valence-corrected chi connectivity index (χ2v) is 4.10. The summed E-state index contributed by atoms with van der Waals surface area (Å²) in [7, 11) is 0. The van der Waals surface area contributed by atoms with Crippen molar-refractivity contribution in [2.24, 2.45) is 5.92 Å². The van der Waals surface area contributed by atoms with Crippen LogP contribution < -0.4 is 0 Å². The summed E-state index contributed by atoms with van der Waals surface area (Å²) in [5.74, 6) is -0.132. The van der Waals surface area contributed by atoms with Crippen molar-refractivity contribution in [2.45, 2.75) is 37.9 Å². The van der Waals surface area contributed by atoms with Gasteiger partial charge in [0.25, 0.3) is 0 Å². The minimum absolute atomic E-state index is 0.205. The number of esters is 1. The van der Waals surface area contributed by atoms with Crippen molar-refractivity contribution in [3.05, 3.63) is 12.3 Å². The molecule has 0 aromatic rings. The highest BCUT2D eigenvalue weighted by molar-refractivity contribution is 5.81. The molecule has 0 spiro atoms. The zero-order chi connectivity index (χ0) is 10.9. The molecule has 2 rings (SSSR count). The van der Waals surface area contributed by atoms with Crippen LogP contribution in [0.5, 0.6) is 0 Å². The third-order valence-corrected chi connectivity index (χ3v) is 2.95. The van der Waals surface area contributed by atoms with E-state index in [2.05, 4.69) is 0 Å². The van der Waals surface area contributed by atoms with E-state index in [0.29, 0.717) is 13.0 Å². The summed E-state index contributed by atoms with van der Waals surface area (Å²) in [6.07, 6.45) is 4.62. The molecule has 1 aliphatic carbocycles. The lowest BCUT2D eigenvalue weighted by molar-refractivity contribution is -0.173. The van der Waals surface area contributed by atoms with Crippen molar-refractivity contribution in [1.29, 1.82) is 0 Å². The molecule has 4 heteroatoms. The fourth-order valence-corrected chi connectivity index (χ4v) is 2.04. The van der Waals surface area contributed by atoms with Gasteiger partial charge in [-0.1, -0.05) is 0 Å². The Morgan fingerprint density at radius 3 is 2.93 bits per heavy atom. The van der Waals surface area contributed by atoms with Crippen molar-refractivity contribution in [1.82, 2.24) is 0 Å². The number of rotatable bonds is 3. The summed E-state index contributed by atoms with van der Waals surface area (Å²) in [5.41, 5.74) is -0.926. The largest absolute Gasteiger partial charge is 0.483 e. The number of aliphatic hydroxyl groups excluding tert-OH is 1. The molecule has 0 radical (unpaired) electrons. The van der Waals surface area contributed by atoms with Crippen LogP contribution in [-0.4, -0.2) is 29.4 Å². The van der Waals surface area contributed by atoms with Gasteiger partial charge in [0.1, 0.15) is 0 Å². The van der Waals surface area contributed by atoms with Crippen LogP contribution in [0, 0.1) is 5.92 Å². The Morgan fingerprint density at radius 2 is 2.40 bits per heavy atom. The summed E-state index contributed by atoms with van der Waals surface area (Å²) in [4.78, 5) is 11.9. The summed E-state index contributed by atoms with van der Waals surface area (Å²) < 4.78 is 10.5. The van der Waals surface area contributed by atoms with Crippen molar-refractivity contribution in [3.8, 4) is 0 Å². The van der Waals surface area contributed by atoms with E-state index in [0.717, 1.165) is 12.8 Å². The van der Waals surface area contributed by atoms with Crippen LogP contribution in [0.3, 0.4) is 0 Å². The lowest BCUT2D eigenvalue weighted by Gasteiger charge is -2.34. The fraction of sp³-hybridized carbons (Fsp3) is 0.727. The zero-order valence-electron chi connectivity index (χ0n) is 8.81. The average Bonchev–Trinajstić information content (AvgIpc) is 3.01. The smallest absolute Gasteiger partial charge is 0.350 e. The minimum Gasteiger partial charge on any atom is -0.483 e. The summed E-state index contributed by atoms with van der Waals surface area (Å²) >= 11 is 0. The Bertz CT molecular complexity index is 282. The van der Waals surface area contributed by atoms with Crippen LogP contribution in [0.15, 0.2) is 12.3 Å². The molecular formula is C11H16O4. The lowest BCUT2D eigenvalue weighted by atomic mass is 9.89. The predicted octanol–water partition coefficient (Wildman–Crippen LogP) is 0.993. The van der Waals surface area contributed by atoms with Gasteiger partial charge in [-0.2, -0.15) is 0 Å². The molecule has 0 aromatic carbocycles. The van der Waals surface area contributed by atoms with Gasteiger partial charge < -0.3 is 14.6 Å². The van der Waals surface area contributed by atoms with Crippen LogP contribution in [0.25, 0.3) is 0 Å². The summed E-state index contributed by atoms with van der Waals surface area (Å²) in [6, 6.07) is 0. The molecule has 0 aromatic heterocycles. The van der Waals surface area contributed by atoms with E-state index in [-0.39, 0.29) is 11.9 Å². The molecule has 0 amide bonds. The quantitative estimate of drug-likeness (QED) is 0.709. The third-order valence-electron chi connectivity index (χ3n) is 2.95. The van der Waals surface area contributed by atoms with E-state index in [1.54, 1.807) is 13.0 Å². The second-order valence-electron chi connectivity index (χ2n) is 4.10. The van der Waals surface area contributed by atoms with Gasteiger partial charge in [0.15, 0.2) is 0 Å². The molecule has 0 saturated heterocycles. The SMILES string of the molecule is CCOC(=O)[C@@]1(C2CC2)CC(O)C=CO1. The first kappa shape index (κ1) is 10.5. The number of aliphatic hydroxyl groups is 1. The average molecular weight is 212 g/mol. The fourth-order valence-electron chi connectivity index (χ4n) is 2.04. The van der Waals surface area contributed by atoms with E-state index in [1.165, 1.54) is 6.26 Å². The molecule has 1 fully saturated rings. The highest BCUT2D eigenvalue weighted by atomic mass is 16.6. The number of hydrogen-bond donors (Lipinski definition) is 1. The van der Waals surface area contributed by atoms with E-state index < -0.39 is 11.7 Å². The molecule has 2 aliphatic rings. The van der Waals surface area contributed by atoms with Crippen LogP contribution >= 0.6 is 0 Å². The van der Waals surface area contributed by atoms with Crippen molar-refractivity contribution >= 4 is 5.97 Å². The predicted molar refractivity (Wildman–Crippen MR) is 52.9 cm³/mol. The Kier molecular flexibility index (Phi) is 2.69. The van der Waals surface area contributed by atoms with Gasteiger partial charge in [-0.15, -0.1) is 0 Å². The minimum atomic E-state index is -0.926. The maximum atomic E-state index is 11.9. The first-order chi connectivity index (χ1) is 7.19. The Morgan fingerprint density at radius 1 is 1.67 bits per heavy atom. The molecule has 1 N–H and O–H groups in total. The first-order valence-electron chi connectivity index (χ1n) is 5.39. The monoisotopic (exact) mass is 212 g/mol. The van der Waals surface area contributed by atoms with E-state index in [1.807, 2.05) is 0 Å². The summed E-state index contributed by atoms with van der Waals surface area (Å²) in [6.45, 7) is 2.12. The van der Waals surface area contributed by atoms with E-state index in [4.69, 9.17) is 9.47 Å². The normalized spacial score (nSPS) is 34.7. The van der Waals surface area contributed by atoms with Crippen LogP contribution in [0.4, 0.5) is 0 Å². The zero-order valence-corrected chi connectivity index (χ0v) is 8.81.